The molecule has 0 aliphatic rings. The number of phosphoric acid groups is 1. The number of hydrogen-bond acceptors (Lipinski definition) is 6. The first-order valence-electron chi connectivity index (χ1n) is 28.5. The van der Waals surface area contributed by atoms with Gasteiger partial charge in [-0.2, -0.15) is 0 Å². The summed E-state index contributed by atoms with van der Waals surface area (Å²) >= 11 is 0. The third-order valence-electron chi connectivity index (χ3n) is 11.4. The molecule has 2 N–H and O–H groups in total. The van der Waals surface area contributed by atoms with E-state index in [0.29, 0.717) is 23.9 Å². The van der Waals surface area contributed by atoms with Crippen LogP contribution in [0.5, 0.6) is 0 Å². The number of amides is 1. The summed E-state index contributed by atoms with van der Waals surface area (Å²) in [7, 11) is 1.20. The molecule has 0 heterocycles. The average Bonchev–Trinajstić information content (AvgIpc) is 3.36. The molecule has 0 aromatic heterocycles. The minimum absolute atomic E-state index is 0.0212. The van der Waals surface area contributed by atoms with Crippen LogP contribution in [0.1, 0.15) is 181 Å². The van der Waals surface area contributed by atoms with Gasteiger partial charge in [-0.05, 0) is 122 Å². The largest absolute Gasteiger partial charge is 0.756 e. The summed E-state index contributed by atoms with van der Waals surface area (Å²) in [5, 5.41) is 13.7. The van der Waals surface area contributed by atoms with E-state index in [-0.39, 0.29) is 12.5 Å². The van der Waals surface area contributed by atoms with Crippen molar-refractivity contribution in [3.8, 4) is 0 Å². The molecule has 8 nitrogen and oxygen atoms in total. The topological polar surface area (TPSA) is 108 Å². The number of unbranched alkanes of at least 4 members (excludes halogenated alkanes) is 10. The highest BCUT2D eigenvalue weighted by molar-refractivity contribution is 7.45. The third-order valence-corrected chi connectivity index (χ3v) is 12.4. The van der Waals surface area contributed by atoms with Crippen LogP contribution in [0.3, 0.4) is 0 Å². The summed E-state index contributed by atoms with van der Waals surface area (Å²) in [6.07, 6.45) is 85.9. The molecule has 9 heteroatoms. The Bertz CT molecular complexity index is 1800. The van der Waals surface area contributed by atoms with Crippen molar-refractivity contribution in [2.75, 3.05) is 40.9 Å². The number of allylic oxidation sites excluding steroid dienone is 27. The Morgan fingerprint density at radius 2 is 0.838 bits per heavy atom. The van der Waals surface area contributed by atoms with Crippen LogP contribution in [0.25, 0.3) is 0 Å². The molecule has 0 fully saturated rings. The first-order valence-corrected chi connectivity index (χ1v) is 30.0. The quantitative estimate of drug-likeness (QED) is 0.0272. The van der Waals surface area contributed by atoms with Gasteiger partial charge in [0.05, 0.1) is 39.9 Å². The normalized spacial score (nSPS) is 15.2. The molecule has 0 radical (unpaired) electrons. The lowest BCUT2D eigenvalue weighted by molar-refractivity contribution is -0.870. The highest BCUT2D eigenvalue weighted by atomic mass is 31.2. The maximum absolute atomic E-state index is 12.9. The molecular formula is C65H105N2O6P. The van der Waals surface area contributed by atoms with Gasteiger partial charge < -0.3 is 28.8 Å². The summed E-state index contributed by atoms with van der Waals surface area (Å²) in [6.45, 7) is 4.42. The summed E-state index contributed by atoms with van der Waals surface area (Å²) in [5.74, 6) is -0.242. The molecule has 0 rings (SSSR count). The smallest absolute Gasteiger partial charge is 0.268 e. The predicted octanol–water partition coefficient (Wildman–Crippen LogP) is 17.0. The minimum Gasteiger partial charge on any atom is -0.756 e. The van der Waals surface area contributed by atoms with Gasteiger partial charge in [0.1, 0.15) is 13.2 Å². The minimum atomic E-state index is -4.62. The zero-order valence-electron chi connectivity index (χ0n) is 47.2. The number of phosphoric ester groups is 1. The van der Waals surface area contributed by atoms with Crippen molar-refractivity contribution in [1.29, 1.82) is 0 Å². The van der Waals surface area contributed by atoms with Crippen molar-refractivity contribution in [2.24, 2.45) is 0 Å². The van der Waals surface area contributed by atoms with Crippen molar-refractivity contribution in [3.63, 3.8) is 0 Å². The Morgan fingerprint density at radius 1 is 0.486 bits per heavy atom. The van der Waals surface area contributed by atoms with E-state index in [1.54, 1.807) is 6.08 Å². The van der Waals surface area contributed by atoms with E-state index in [2.05, 4.69) is 177 Å². The predicted molar refractivity (Wildman–Crippen MR) is 320 cm³/mol. The number of carbonyl (C=O) groups is 1. The summed E-state index contributed by atoms with van der Waals surface area (Å²) < 4.78 is 23.2. The molecule has 1 amide bonds. The monoisotopic (exact) mass is 1040 g/mol. The highest BCUT2D eigenvalue weighted by Gasteiger charge is 2.23. The van der Waals surface area contributed by atoms with Gasteiger partial charge in [0.2, 0.25) is 5.91 Å². The molecular weight excluding hydrogens is 936 g/mol. The van der Waals surface area contributed by atoms with Crippen LogP contribution in [0, 0.1) is 0 Å². The fourth-order valence-electron chi connectivity index (χ4n) is 6.97. The van der Waals surface area contributed by atoms with Crippen LogP contribution >= 0.6 is 7.82 Å². The number of quaternary nitrogens is 1. The van der Waals surface area contributed by atoms with Gasteiger partial charge in [0.15, 0.2) is 0 Å². The van der Waals surface area contributed by atoms with Crippen molar-refractivity contribution < 1.29 is 32.9 Å². The van der Waals surface area contributed by atoms with Gasteiger partial charge in [-0.15, -0.1) is 0 Å². The molecule has 0 aromatic rings. The number of hydrogen-bond donors (Lipinski definition) is 2. The molecule has 0 saturated heterocycles. The summed E-state index contributed by atoms with van der Waals surface area (Å²) in [5.41, 5.74) is 0. The van der Waals surface area contributed by atoms with E-state index in [0.717, 1.165) is 122 Å². The summed E-state index contributed by atoms with van der Waals surface area (Å²) in [4.78, 5) is 25.4. The average molecular weight is 1040 g/mol. The fourth-order valence-corrected chi connectivity index (χ4v) is 7.69. The number of rotatable bonds is 49. The Morgan fingerprint density at radius 3 is 1.24 bits per heavy atom. The number of nitrogens with one attached hydrogen (secondary N) is 1. The zero-order valence-corrected chi connectivity index (χ0v) is 48.1. The van der Waals surface area contributed by atoms with Crippen molar-refractivity contribution in [1.82, 2.24) is 5.32 Å². The summed E-state index contributed by atoms with van der Waals surface area (Å²) in [6, 6.07) is -0.928. The Kier molecular flexibility index (Phi) is 50.7. The molecule has 0 spiro atoms. The fraction of sp³-hybridized carbons (Fsp3) is 0.554. The van der Waals surface area contributed by atoms with Gasteiger partial charge in [-0.1, -0.05) is 223 Å². The number of carbonyl (C=O) groups excluding carboxylic acids is 1. The lowest BCUT2D eigenvalue weighted by Gasteiger charge is -2.29. The molecule has 0 aliphatic heterocycles. The van der Waals surface area contributed by atoms with Gasteiger partial charge >= 0.3 is 0 Å². The molecule has 3 unspecified atom stereocenters. The van der Waals surface area contributed by atoms with Crippen LogP contribution < -0.4 is 10.2 Å². The van der Waals surface area contributed by atoms with Crippen molar-refractivity contribution in [3.05, 3.63) is 170 Å². The third kappa shape index (κ3) is 55.6. The van der Waals surface area contributed by atoms with E-state index in [1.165, 1.54) is 32.1 Å². The molecule has 416 valence electrons. The lowest BCUT2D eigenvalue weighted by Crippen LogP contribution is -2.45. The van der Waals surface area contributed by atoms with E-state index in [9.17, 15) is 19.4 Å². The molecule has 3 atom stereocenters. The number of aliphatic hydroxyl groups excluding tert-OH is 1. The molecule has 0 bridgehead atoms. The van der Waals surface area contributed by atoms with Crippen LogP contribution in [-0.2, 0) is 18.4 Å². The van der Waals surface area contributed by atoms with E-state index in [4.69, 9.17) is 9.05 Å². The Labute approximate surface area is 453 Å². The lowest BCUT2D eigenvalue weighted by atomic mass is 10.1. The standard InChI is InChI=1S/C65H105N2O6P/c1-6-8-10-12-14-16-18-19-20-21-22-23-24-25-26-27-28-29-30-31-32-33-34-35-36-37-38-39-40-41-42-43-44-45-46-47-49-51-53-55-57-59-65(69)66-63(62-73-74(70,71)72-61-60-67(3,4)5)64(68)58-56-54-52-50-48-17-15-13-11-9-7-2/h8,10,14,16,19-20,22-23,25-26,28-29,31-32,34-35,37-38,40-41,43-44,46-48,50,56,58,63-64,68H,6-7,9,11-13,15,17-18,21,24,27,30,33,36,39,42,45,49,51-55,57,59-62H2,1-5H3,(H-,66,69,70,71)/b10-8-,16-14-,20-19-,23-22-,26-25-,29-28-,32-31-,35-34-,38-37-,41-40-,44-43-,47-46-,50-48+,58-56+. The second-order valence-corrected chi connectivity index (χ2v) is 21.0. The maximum atomic E-state index is 12.9. The first kappa shape index (κ1) is 69.9. The highest BCUT2D eigenvalue weighted by Crippen LogP contribution is 2.38. The van der Waals surface area contributed by atoms with Crippen LogP contribution in [-0.4, -0.2) is 68.5 Å². The van der Waals surface area contributed by atoms with Gasteiger partial charge in [-0.3, -0.25) is 9.36 Å². The van der Waals surface area contributed by atoms with Crippen molar-refractivity contribution in [2.45, 2.75) is 193 Å². The Hall–Kier alpha value is -4.14. The number of nitrogens with zero attached hydrogens (tertiary/aromatic N) is 1. The first-order chi connectivity index (χ1) is 36.0. The molecule has 0 aromatic carbocycles. The van der Waals surface area contributed by atoms with Gasteiger partial charge in [-0.25, -0.2) is 0 Å². The second kappa shape index (κ2) is 53.7. The maximum Gasteiger partial charge on any atom is 0.268 e. The molecule has 0 aliphatic carbocycles. The Balaban J connectivity index is 4.19. The van der Waals surface area contributed by atoms with Crippen LogP contribution in [0.4, 0.5) is 0 Å². The SMILES string of the molecule is CC/C=C\C/C=C\C/C=C\C/C=C\C/C=C\C/C=C\C/C=C\C/C=C\C/C=C\C/C=C\C/C=C\C/C=C\CCCCCCC(=O)NC(COP(=O)([O-])OCC[N+](C)(C)C)C(O)/C=C/CC/C=C/CCCCCCC. The van der Waals surface area contributed by atoms with Crippen LogP contribution in [0.15, 0.2) is 170 Å². The van der Waals surface area contributed by atoms with Crippen LogP contribution in [0.2, 0.25) is 0 Å². The second-order valence-electron chi connectivity index (χ2n) is 19.5. The van der Waals surface area contributed by atoms with E-state index in [1.807, 2.05) is 27.2 Å². The van der Waals surface area contributed by atoms with Gasteiger partial charge in [0.25, 0.3) is 7.82 Å². The van der Waals surface area contributed by atoms with Gasteiger partial charge in [0, 0.05) is 6.42 Å². The number of likely N-dealkylation sites (N-methyl/N-ethyl adjacent to an activating group) is 1. The molecule has 74 heavy (non-hydrogen) atoms. The zero-order chi connectivity index (χ0) is 54.2. The van der Waals surface area contributed by atoms with Crippen molar-refractivity contribution >= 4 is 13.7 Å². The number of aliphatic hydroxyl groups is 1. The van der Waals surface area contributed by atoms with E-state index >= 15 is 0 Å². The van der Waals surface area contributed by atoms with E-state index < -0.39 is 26.6 Å². The molecule has 0 saturated carbocycles.